The summed E-state index contributed by atoms with van der Waals surface area (Å²) in [7, 11) is 2.12. The van der Waals surface area contributed by atoms with Gasteiger partial charge in [-0.2, -0.15) is 13.2 Å². The summed E-state index contributed by atoms with van der Waals surface area (Å²) in [5.74, 6) is -1.32. The van der Waals surface area contributed by atoms with E-state index in [1.807, 2.05) is 12.1 Å². The summed E-state index contributed by atoms with van der Waals surface area (Å²) in [6.45, 7) is 4.06. The Labute approximate surface area is 194 Å². The van der Waals surface area contributed by atoms with Crippen LogP contribution in [0.5, 0.6) is 11.5 Å². The number of alkyl halides is 3. The van der Waals surface area contributed by atoms with Gasteiger partial charge in [-0.15, -0.1) is 0 Å². The maximum Gasteiger partial charge on any atom is 0.490 e. The fourth-order valence-electron chi connectivity index (χ4n) is 3.47. The molecule has 1 saturated heterocycles. The molecule has 2 aromatic carbocycles. The number of likely N-dealkylation sites (tertiary alicyclic amines) is 1. The quantitative estimate of drug-likeness (QED) is 0.503. The van der Waals surface area contributed by atoms with Gasteiger partial charge in [0.05, 0.1) is 10.9 Å². The van der Waals surface area contributed by atoms with Crippen LogP contribution in [0.2, 0.25) is 0 Å². The van der Waals surface area contributed by atoms with Crippen LogP contribution in [0, 0.1) is 6.92 Å². The van der Waals surface area contributed by atoms with E-state index in [-0.39, 0.29) is 11.9 Å². The number of carbonyl (C=O) groups is 1. The second-order valence-corrected chi connectivity index (χ2v) is 7.98. The number of rotatable bonds is 4. The number of carboxylic acid groups (broad SMARTS) is 1. The van der Waals surface area contributed by atoms with E-state index in [1.165, 1.54) is 11.9 Å². The first-order valence-corrected chi connectivity index (χ1v) is 10.5. The molecule has 1 aliphatic rings. The van der Waals surface area contributed by atoms with Crippen molar-refractivity contribution in [2.45, 2.75) is 32.0 Å². The molecule has 1 aromatic heterocycles. The Morgan fingerprint density at radius 3 is 2.47 bits per heavy atom. The predicted octanol–water partition coefficient (Wildman–Crippen LogP) is 4.49. The standard InChI is InChI=1S/C21H24N4O2.C2HF3O2/c1-14-4-3-5-15(10-14)24-21-20-18(22-13-23-21)11-16(26)12-19(20)27-17-6-8-25(2)9-7-17;3-2(4,5)1(6)7/h3-5,10-13,17,26H,6-9H2,1-2H3,(H,22,23,24);(H,6,7). The SMILES string of the molecule is Cc1cccc(Nc2ncnc3cc(O)cc(OC4CCN(C)CC4)c23)c1.O=C(O)C(F)(F)F. The largest absolute Gasteiger partial charge is 0.508 e. The van der Waals surface area contributed by atoms with Gasteiger partial charge < -0.3 is 25.2 Å². The first-order valence-electron chi connectivity index (χ1n) is 10.5. The van der Waals surface area contributed by atoms with Gasteiger partial charge in [0.1, 0.15) is 29.7 Å². The average Bonchev–Trinajstić information content (AvgIpc) is 2.75. The molecule has 0 atom stereocenters. The number of hydrogen-bond acceptors (Lipinski definition) is 7. The van der Waals surface area contributed by atoms with Crippen LogP contribution in [-0.2, 0) is 4.79 Å². The third-order valence-electron chi connectivity index (χ3n) is 5.17. The van der Waals surface area contributed by atoms with E-state index in [0.717, 1.165) is 37.0 Å². The highest BCUT2D eigenvalue weighted by molar-refractivity contribution is 5.96. The summed E-state index contributed by atoms with van der Waals surface area (Å²) in [6.07, 6.45) is -1.54. The van der Waals surface area contributed by atoms with Gasteiger partial charge in [0, 0.05) is 30.9 Å². The Kier molecular flexibility index (Phi) is 7.77. The number of hydrogen-bond donors (Lipinski definition) is 3. The number of ether oxygens (including phenoxy) is 1. The number of aromatic nitrogens is 2. The molecule has 0 aliphatic carbocycles. The smallest absolute Gasteiger partial charge is 0.490 e. The Hall–Kier alpha value is -3.60. The van der Waals surface area contributed by atoms with Crippen LogP contribution in [0.15, 0.2) is 42.7 Å². The zero-order chi connectivity index (χ0) is 24.9. The second-order valence-electron chi connectivity index (χ2n) is 7.98. The van der Waals surface area contributed by atoms with Crippen LogP contribution >= 0.6 is 0 Å². The number of halogens is 3. The normalized spacial score (nSPS) is 14.9. The number of aryl methyl sites for hydroxylation is 1. The first-order chi connectivity index (χ1) is 16.0. The molecule has 8 nitrogen and oxygen atoms in total. The maximum atomic E-state index is 10.6. The molecule has 0 amide bonds. The predicted molar refractivity (Wildman–Crippen MR) is 121 cm³/mol. The lowest BCUT2D eigenvalue weighted by molar-refractivity contribution is -0.192. The number of nitrogens with zero attached hydrogens (tertiary/aromatic N) is 3. The maximum absolute atomic E-state index is 10.6. The highest BCUT2D eigenvalue weighted by Gasteiger charge is 2.38. The van der Waals surface area contributed by atoms with E-state index in [1.54, 1.807) is 12.1 Å². The molecule has 182 valence electrons. The third kappa shape index (κ3) is 6.70. The molecule has 11 heteroatoms. The van der Waals surface area contributed by atoms with Gasteiger partial charge in [0.25, 0.3) is 0 Å². The Balaban J connectivity index is 0.000000406. The van der Waals surface area contributed by atoms with Gasteiger partial charge in [-0.05, 0) is 44.5 Å². The fourth-order valence-corrected chi connectivity index (χ4v) is 3.47. The second kappa shape index (κ2) is 10.6. The van der Waals surface area contributed by atoms with Gasteiger partial charge in [-0.1, -0.05) is 12.1 Å². The van der Waals surface area contributed by atoms with Crippen LogP contribution in [0.1, 0.15) is 18.4 Å². The molecule has 34 heavy (non-hydrogen) atoms. The lowest BCUT2D eigenvalue weighted by Gasteiger charge is -2.29. The number of phenols is 1. The molecule has 0 spiro atoms. The van der Waals surface area contributed by atoms with E-state index < -0.39 is 12.1 Å². The molecule has 0 saturated carbocycles. The van der Waals surface area contributed by atoms with E-state index >= 15 is 0 Å². The number of benzene rings is 2. The molecular formula is C23H25F3N4O4. The van der Waals surface area contributed by atoms with Gasteiger partial charge in [-0.3, -0.25) is 0 Å². The van der Waals surface area contributed by atoms with Crippen molar-refractivity contribution in [2.75, 3.05) is 25.5 Å². The van der Waals surface area contributed by atoms with E-state index in [0.29, 0.717) is 17.1 Å². The van der Waals surface area contributed by atoms with Crippen molar-refractivity contribution in [3.05, 3.63) is 48.3 Å². The molecule has 0 bridgehead atoms. The topological polar surface area (TPSA) is 108 Å². The number of carboxylic acids is 1. The number of phenolic OH excluding ortho intramolecular Hbond substituents is 1. The van der Waals surface area contributed by atoms with E-state index in [2.05, 4.69) is 46.3 Å². The number of fused-ring (bicyclic) bond motifs is 1. The number of anilines is 2. The van der Waals surface area contributed by atoms with Gasteiger partial charge in [0.2, 0.25) is 0 Å². The Morgan fingerprint density at radius 2 is 1.85 bits per heavy atom. The average molecular weight is 478 g/mol. The van der Waals surface area contributed by atoms with Gasteiger partial charge in [-0.25, -0.2) is 14.8 Å². The zero-order valence-corrected chi connectivity index (χ0v) is 18.6. The summed E-state index contributed by atoms with van der Waals surface area (Å²) < 4.78 is 38.0. The highest BCUT2D eigenvalue weighted by Crippen LogP contribution is 2.36. The summed E-state index contributed by atoms with van der Waals surface area (Å²) in [6, 6.07) is 11.4. The zero-order valence-electron chi connectivity index (χ0n) is 18.6. The lowest BCUT2D eigenvalue weighted by atomic mass is 10.1. The number of nitrogens with one attached hydrogen (secondary N) is 1. The minimum atomic E-state index is -5.08. The molecule has 0 radical (unpaired) electrons. The molecule has 3 aromatic rings. The minimum absolute atomic E-state index is 0.123. The summed E-state index contributed by atoms with van der Waals surface area (Å²) in [4.78, 5) is 20.0. The Bertz CT molecular complexity index is 1150. The lowest BCUT2D eigenvalue weighted by Crippen LogP contribution is -2.35. The van der Waals surface area contributed by atoms with Crippen LogP contribution in [0.4, 0.5) is 24.7 Å². The summed E-state index contributed by atoms with van der Waals surface area (Å²) in [5.41, 5.74) is 2.77. The van der Waals surface area contributed by atoms with Crippen molar-refractivity contribution < 1.29 is 32.9 Å². The molecule has 1 aliphatic heterocycles. The molecule has 2 heterocycles. The van der Waals surface area contributed by atoms with Crippen molar-refractivity contribution in [3.8, 4) is 11.5 Å². The van der Waals surface area contributed by atoms with Crippen LogP contribution in [0.3, 0.4) is 0 Å². The van der Waals surface area contributed by atoms with Crippen LogP contribution in [-0.4, -0.2) is 63.5 Å². The molecular weight excluding hydrogens is 453 g/mol. The van der Waals surface area contributed by atoms with Crippen molar-refractivity contribution >= 4 is 28.4 Å². The summed E-state index contributed by atoms with van der Waals surface area (Å²) in [5, 5.41) is 21.4. The van der Waals surface area contributed by atoms with E-state index in [4.69, 9.17) is 14.6 Å². The molecule has 0 unspecified atom stereocenters. The van der Waals surface area contributed by atoms with Crippen molar-refractivity contribution in [2.24, 2.45) is 0 Å². The van der Waals surface area contributed by atoms with Gasteiger partial charge in [0.15, 0.2) is 0 Å². The number of aromatic hydroxyl groups is 1. The van der Waals surface area contributed by atoms with E-state index in [9.17, 15) is 18.3 Å². The molecule has 4 rings (SSSR count). The van der Waals surface area contributed by atoms with Crippen molar-refractivity contribution in [3.63, 3.8) is 0 Å². The molecule has 3 N–H and O–H groups in total. The van der Waals surface area contributed by atoms with Gasteiger partial charge >= 0.3 is 12.1 Å². The Morgan fingerprint density at radius 1 is 1.18 bits per heavy atom. The fraction of sp³-hybridized carbons (Fsp3) is 0.348. The van der Waals surface area contributed by atoms with Crippen molar-refractivity contribution in [1.82, 2.24) is 14.9 Å². The van der Waals surface area contributed by atoms with Crippen LogP contribution < -0.4 is 10.1 Å². The molecule has 1 fully saturated rings. The van der Waals surface area contributed by atoms with Crippen LogP contribution in [0.25, 0.3) is 10.9 Å². The third-order valence-corrected chi connectivity index (χ3v) is 5.17. The van der Waals surface area contributed by atoms with Crippen molar-refractivity contribution in [1.29, 1.82) is 0 Å². The monoisotopic (exact) mass is 478 g/mol. The number of piperidine rings is 1. The minimum Gasteiger partial charge on any atom is -0.508 e. The number of aliphatic carboxylic acids is 1. The summed E-state index contributed by atoms with van der Waals surface area (Å²) >= 11 is 0. The highest BCUT2D eigenvalue weighted by atomic mass is 19.4. The first kappa shape index (κ1) is 25.0.